The molecule has 0 fully saturated rings. The Morgan fingerprint density at radius 3 is 2.60 bits per heavy atom. The number of amides is 3. The van der Waals surface area contributed by atoms with E-state index in [2.05, 4.69) is 25.9 Å². The molecule has 0 saturated carbocycles. The van der Waals surface area contributed by atoms with Gasteiger partial charge in [0.15, 0.2) is 0 Å². The summed E-state index contributed by atoms with van der Waals surface area (Å²) in [5, 5.41) is 18.7. The maximum atomic E-state index is 12.0. The van der Waals surface area contributed by atoms with Crippen molar-refractivity contribution in [2.45, 2.75) is 19.9 Å². The number of carboxylic acid groups (broad SMARTS) is 1. The molecule has 0 bridgehead atoms. The third-order valence-electron chi connectivity index (χ3n) is 4.97. The van der Waals surface area contributed by atoms with Crippen LogP contribution in [-0.4, -0.2) is 60.0 Å². The summed E-state index contributed by atoms with van der Waals surface area (Å²) in [7, 11) is 1.52. The first-order chi connectivity index (χ1) is 16.9. The molecule has 0 saturated heterocycles. The Bertz CT molecular complexity index is 1220. The summed E-state index contributed by atoms with van der Waals surface area (Å²) in [5.41, 5.74) is 2.75. The molecule has 0 aliphatic rings. The van der Waals surface area contributed by atoms with Gasteiger partial charge in [0.05, 0.1) is 18.7 Å². The molecule has 4 N–H and O–H groups in total. The molecule has 11 heteroatoms. The number of alkyl carbamates (subject to hydrolysis) is 1. The zero-order valence-electron chi connectivity index (χ0n) is 19.5. The lowest BCUT2D eigenvalue weighted by Gasteiger charge is -2.14. The van der Waals surface area contributed by atoms with Gasteiger partial charge in [-0.05, 0) is 47.2 Å². The van der Waals surface area contributed by atoms with Crippen molar-refractivity contribution in [3.8, 4) is 11.1 Å². The Balaban J connectivity index is 1.98. The van der Waals surface area contributed by atoms with Crippen LogP contribution in [-0.2, 0) is 27.2 Å². The van der Waals surface area contributed by atoms with Crippen LogP contribution in [0.4, 0.5) is 15.4 Å². The van der Waals surface area contributed by atoms with Gasteiger partial charge in [0.1, 0.15) is 12.4 Å². The molecule has 0 atom stereocenters. The summed E-state index contributed by atoms with van der Waals surface area (Å²) in [6.45, 7) is 2.90. The number of methoxy groups -OCH3 is 1. The lowest BCUT2D eigenvalue weighted by molar-refractivity contribution is -0.136. The molecule has 2 aromatic heterocycles. The van der Waals surface area contributed by atoms with E-state index in [1.54, 1.807) is 30.6 Å². The number of carboxylic acids is 1. The quantitative estimate of drug-likeness (QED) is 0.323. The topological polar surface area (TPSA) is 152 Å². The van der Waals surface area contributed by atoms with Crippen LogP contribution in [0.2, 0.25) is 0 Å². The van der Waals surface area contributed by atoms with Crippen LogP contribution in [0.5, 0.6) is 0 Å². The number of aromatic nitrogens is 2. The number of nitrogens with one attached hydrogen (secondary N) is 3. The van der Waals surface area contributed by atoms with Crippen LogP contribution < -0.4 is 16.0 Å². The average molecular weight is 482 g/mol. The van der Waals surface area contributed by atoms with E-state index in [4.69, 9.17) is 14.6 Å². The van der Waals surface area contributed by atoms with Crippen molar-refractivity contribution in [2.75, 3.05) is 32.2 Å². The van der Waals surface area contributed by atoms with Crippen molar-refractivity contribution < 1.29 is 29.0 Å². The highest BCUT2D eigenvalue weighted by Gasteiger charge is 2.13. The van der Waals surface area contributed by atoms with Crippen LogP contribution in [0.15, 0.2) is 42.7 Å². The van der Waals surface area contributed by atoms with Crippen molar-refractivity contribution in [1.82, 2.24) is 20.6 Å². The van der Waals surface area contributed by atoms with E-state index in [0.29, 0.717) is 24.7 Å². The van der Waals surface area contributed by atoms with Gasteiger partial charge in [-0.25, -0.2) is 14.6 Å². The summed E-state index contributed by atoms with van der Waals surface area (Å²) in [6.07, 6.45) is 2.39. The number of benzene rings is 1. The Morgan fingerprint density at radius 1 is 1.03 bits per heavy atom. The van der Waals surface area contributed by atoms with Gasteiger partial charge in [-0.3, -0.25) is 15.1 Å². The van der Waals surface area contributed by atoms with Crippen LogP contribution in [0.1, 0.15) is 18.2 Å². The second-order valence-corrected chi connectivity index (χ2v) is 7.46. The fraction of sp³-hybridized carbons (Fsp3) is 0.292. The molecule has 184 valence electrons. The zero-order valence-corrected chi connectivity index (χ0v) is 19.5. The third-order valence-corrected chi connectivity index (χ3v) is 4.97. The van der Waals surface area contributed by atoms with E-state index >= 15 is 0 Å². The molecule has 3 amide bonds. The summed E-state index contributed by atoms with van der Waals surface area (Å²) < 4.78 is 9.91. The number of fused-ring (bicyclic) bond motifs is 1. The number of aliphatic carboxylic acids is 1. The smallest absolute Gasteiger partial charge is 0.407 e. The number of urea groups is 1. The first-order valence-corrected chi connectivity index (χ1v) is 10.9. The monoisotopic (exact) mass is 481 g/mol. The van der Waals surface area contributed by atoms with E-state index in [0.717, 1.165) is 27.5 Å². The van der Waals surface area contributed by atoms with E-state index < -0.39 is 12.1 Å². The summed E-state index contributed by atoms with van der Waals surface area (Å²) in [6, 6.07) is 8.56. The van der Waals surface area contributed by atoms with Crippen LogP contribution in [0.25, 0.3) is 21.9 Å². The van der Waals surface area contributed by atoms with E-state index in [1.165, 1.54) is 7.11 Å². The SMILES string of the molecule is CCNC(=O)Nc1cc2c(-c3ccnc(CC(=O)O)c3)ccc(CNC(=O)OCCOC)c2cn1. The van der Waals surface area contributed by atoms with Crippen LogP contribution in [0, 0.1) is 0 Å². The zero-order chi connectivity index (χ0) is 25.2. The summed E-state index contributed by atoms with van der Waals surface area (Å²) in [4.78, 5) is 43.6. The molecule has 0 aliphatic heterocycles. The number of anilines is 1. The van der Waals surface area contributed by atoms with Crippen molar-refractivity contribution in [1.29, 1.82) is 0 Å². The predicted octanol–water partition coefficient (Wildman–Crippen LogP) is 2.94. The highest BCUT2D eigenvalue weighted by Crippen LogP contribution is 2.32. The van der Waals surface area contributed by atoms with Gasteiger partial charge in [-0.15, -0.1) is 0 Å². The molecule has 3 rings (SSSR count). The molecule has 0 aliphatic carbocycles. The molecule has 0 spiro atoms. The van der Waals surface area contributed by atoms with E-state index in [9.17, 15) is 14.4 Å². The first-order valence-electron chi connectivity index (χ1n) is 10.9. The lowest BCUT2D eigenvalue weighted by atomic mass is 9.96. The average Bonchev–Trinajstić information content (AvgIpc) is 2.82. The number of carbonyl (C=O) groups excluding carboxylic acids is 2. The van der Waals surface area contributed by atoms with Crippen LogP contribution in [0.3, 0.4) is 0 Å². The lowest BCUT2D eigenvalue weighted by Crippen LogP contribution is -2.28. The van der Waals surface area contributed by atoms with E-state index in [-0.39, 0.29) is 25.6 Å². The minimum atomic E-state index is -0.976. The molecular weight excluding hydrogens is 454 g/mol. The number of hydrogen-bond acceptors (Lipinski definition) is 7. The fourth-order valence-corrected chi connectivity index (χ4v) is 3.43. The maximum absolute atomic E-state index is 12.0. The van der Waals surface area contributed by atoms with Gasteiger partial charge in [-0.1, -0.05) is 12.1 Å². The molecule has 3 aromatic rings. The van der Waals surface area contributed by atoms with Gasteiger partial charge in [0.2, 0.25) is 0 Å². The molecule has 11 nitrogen and oxygen atoms in total. The molecule has 0 unspecified atom stereocenters. The highest BCUT2D eigenvalue weighted by atomic mass is 16.6. The van der Waals surface area contributed by atoms with Crippen LogP contribution >= 0.6 is 0 Å². The third kappa shape index (κ3) is 7.11. The van der Waals surface area contributed by atoms with E-state index in [1.807, 2.05) is 19.1 Å². The fourth-order valence-electron chi connectivity index (χ4n) is 3.43. The van der Waals surface area contributed by atoms with Crippen molar-refractivity contribution in [3.63, 3.8) is 0 Å². The summed E-state index contributed by atoms with van der Waals surface area (Å²) >= 11 is 0. The second-order valence-electron chi connectivity index (χ2n) is 7.46. The Hall–Kier alpha value is -4.25. The molecular formula is C24H27N5O6. The van der Waals surface area contributed by atoms with Gasteiger partial charge in [0, 0.05) is 38.0 Å². The number of carbonyl (C=O) groups is 3. The number of hydrogen-bond donors (Lipinski definition) is 4. The van der Waals surface area contributed by atoms with Gasteiger partial charge >= 0.3 is 18.1 Å². The largest absolute Gasteiger partial charge is 0.481 e. The van der Waals surface area contributed by atoms with Gasteiger partial charge in [-0.2, -0.15) is 0 Å². The number of nitrogens with zero attached hydrogens (tertiary/aromatic N) is 2. The predicted molar refractivity (Wildman–Crippen MR) is 129 cm³/mol. The van der Waals surface area contributed by atoms with Gasteiger partial charge in [0.25, 0.3) is 0 Å². The normalized spacial score (nSPS) is 10.6. The Morgan fingerprint density at radius 2 is 1.86 bits per heavy atom. The van der Waals surface area contributed by atoms with Crippen molar-refractivity contribution >= 4 is 34.7 Å². The highest BCUT2D eigenvalue weighted by molar-refractivity contribution is 6.01. The maximum Gasteiger partial charge on any atom is 0.407 e. The number of ether oxygens (including phenoxy) is 2. The first kappa shape index (κ1) is 25.4. The molecule has 0 radical (unpaired) electrons. The Kier molecular flexibility index (Phi) is 8.90. The standard InChI is InChI=1S/C24H27N5O6/c1-3-25-23(32)29-21-12-19-18(15-6-7-26-17(10-15)11-22(30)31)5-4-16(20(19)14-27-21)13-28-24(33)35-9-8-34-2/h4-7,10,12,14H,3,8-9,11,13H2,1-2H3,(H,28,33)(H,30,31)(H2,25,27,29,32). The second kappa shape index (κ2) is 12.3. The number of pyridine rings is 2. The van der Waals surface area contributed by atoms with Gasteiger partial charge < -0.3 is 25.2 Å². The molecule has 2 heterocycles. The Labute approximate surface area is 201 Å². The van der Waals surface area contributed by atoms with Crippen molar-refractivity contribution in [2.24, 2.45) is 0 Å². The minimum Gasteiger partial charge on any atom is -0.481 e. The summed E-state index contributed by atoms with van der Waals surface area (Å²) in [5.74, 6) is -0.635. The molecule has 1 aromatic carbocycles. The number of rotatable bonds is 10. The minimum absolute atomic E-state index is 0.138. The molecule has 35 heavy (non-hydrogen) atoms. The van der Waals surface area contributed by atoms with Crippen molar-refractivity contribution in [3.05, 3.63) is 54.0 Å².